The van der Waals surface area contributed by atoms with E-state index in [2.05, 4.69) is 0 Å². The van der Waals surface area contributed by atoms with Crippen molar-refractivity contribution in [3.05, 3.63) is 29.8 Å². The number of rotatable bonds is 7. The Bertz CT molecular complexity index is 465. The molecule has 0 atom stereocenters. The molecule has 1 aromatic carbocycles. The van der Waals surface area contributed by atoms with Crippen LogP contribution in [0.3, 0.4) is 0 Å². The average molecular weight is 271 g/mol. The molecule has 1 N–H and O–H groups in total. The van der Waals surface area contributed by atoms with E-state index in [0.717, 1.165) is 12.8 Å². The Balaban J connectivity index is 3.08. The summed E-state index contributed by atoms with van der Waals surface area (Å²) >= 11 is 0. The second-order valence-corrected chi connectivity index (χ2v) is 6.15. The summed E-state index contributed by atoms with van der Waals surface area (Å²) in [5.41, 5.74) is 0.615. The predicted molar refractivity (Wildman–Crippen MR) is 71.7 cm³/mol. The number of hydrogen-bond acceptors (Lipinski definition) is 3. The van der Waals surface area contributed by atoms with Gasteiger partial charge in [-0.3, -0.25) is 0 Å². The van der Waals surface area contributed by atoms with Crippen LogP contribution in [-0.2, 0) is 16.6 Å². The lowest BCUT2D eigenvalue weighted by molar-refractivity contribution is 0.281. The van der Waals surface area contributed by atoms with Crippen LogP contribution < -0.4 is 0 Å². The third kappa shape index (κ3) is 3.54. The number of aliphatic hydroxyl groups is 1. The Labute approximate surface area is 109 Å². The zero-order chi connectivity index (χ0) is 13.6. The topological polar surface area (TPSA) is 57.6 Å². The molecule has 1 aromatic rings. The number of benzene rings is 1. The van der Waals surface area contributed by atoms with Gasteiger partial charge in [0.15, 0.2) is 0 Å². The maximum atomic E-state index is 12.4. The molecule has 0 saturated carbocycles. The van der Waals surface area contributed by atoms with Crippen molar-refractivity contribution in [2.45, 2.75) is 38.2 Å². The molecule has 102 valence electrons. The first kappa shape index (κ1) is 15.1. The minimum Gasteiger partial charge on any atom is -0.392 e. The molecule has 0 aromatic heterocycles. The predicted octanol–water partition coefficient (Wildman–Crippen LogP) is 1.99. The second-order valence-electron chi connectivity index (χ2n) is 4.21. The van der Waals surface area contributed by atoms with Crippen LogP contribution in [0.15, 0.2) is 29.2 Å². The Hall–Kier alpha value is -0.910. The van der Waals surface area contributed by atoms with Crippen LogP contribution in [-0.4, -0.2) is 30.9 Å². The lowest BCUT2D eigenvalue weighted by Gasteiger charge is -2.21. The van der Waals surface area contributed by atoms with Crippen molar-refractivity contribution < 1.29 is 13.5 Å². The van der Waals surface area contributed by atoms with Gasteiger partial charge >= 0.3 is 0 Å². The van der Waals surface area contributed by atoms with Gasteiger partial charge in [0.1, 0.15) is 0 Å². The number of aliphatic hydroxyl groups excluding tert-OH is 1. The van der Waals surface area contributed by atoms with E-state index in [-0.39, 0.29) is 11.5 Å². The van der Waals surface area contributed by atoms with Gasteiger partial charge in [-0.2, -0.15) is 4.31 Å². The monoisotopic (exact) mass is 271 g/mol. The average Bonchev–Trinajstić information content (AvgIpc) is 2.38. The second kappa shape index (κ2) is 6.87. The fourth-order valence-electron chi connectivity index (χ4n) is 1.80. The molecule has 0 heterocycles. The summed E-state index contributed by atoms with van der Waals surface area (Å²) < 4.78 is 26.4. The van der Waals surface area contributed by atoms with Gasteiger partial charge in [0, 0.05) is 13.1 Å². The summed E-state index contributed by atoms with van der Waals surface area (Å²) in [5.74, 6) is 0. The maximum absolute atomic E-state index is 12.4. The van der Waals surface area contributed by atoms with Gasteiger partial charge < -0.3 is 5.11 Å². The SMILES string of the molecule is CCCN(CCC)S(=O)(=O)c1cccc(CO)c1. The van der Waals surface area contributed by atoms with Crippen LogP contribution in [0, 0.1) is 0 Å². The van der Waals surface area contributed by atoms with Crippen molar-refractivity contribution in [2.75, 3.05) is 13.1 Å². The van der Waals surface area contributed by atoms with Crippen molar-refractivity contribution in [1.29, 1.82) is 0 Å². The van der Waals surface area contributed by atoms with Crippen molar-refractivity contribution in [1.82, 2.24) is 4.31 Å². The van der Waals surface area contributed by atoms with E-state index in [9.17, 15) is 8.42 Å². The number of nitrogens with zero attached hydrogens (tertiary/aromatic N) is 1. The van der Waals surface area contributed by atoms with E-state index >= 15 is 0 Å². The largest absolute Gasteiger partial charge is 0.392 e. The first-order valence-electron chi connectivity index (χ1n) is 6.26. The molecule has 0 unspecified atom stereocenters. The highest BCUT2D eigenvalue weighted by atomic mass is 32.2. The highest BCUT2D eigenvalue weighted by Gasteiger charge is 2.22. The van der Waals surface area contributed by atoms with E-state index in [4.69, 9.17) is 5.11 Å². The quantitative estimate of drug-likeness (QED) is 0.825. The summed E-state index contributed by atoms with van der Waals surface area (Å²) in [4.78, 5) is 0.260. The van der Waals surface area contributed by atoms with Gasteiger partial charge in [-0.15, -0.1) is 0 Å². The molecule has 0 saturated heterocycles. The Morgan fingerprint density at radius 1 is 1.17 bits per heavy atom. The van der Waals surface area contributed by atoms with E-state index in [1.807, 2.05) is 13.8 Å². The van der Waals surface area contributed by atoms with Crippen LogP contribution >= 0.6 is 0 Å². The molecule has 1 rings (SSSR count). The smallest absolute Gasteiger partial charge is 0.243 e. The highest BCUT2D eigenvalue weighted by Crippen LogP contribution is 2.17. The molecule has 0 bridgehead atoms. The molecule has 0 amide bonds. The third-order valence-corrected chi connectivity index (χ3v) is 4.56. The summed E-state index contributed by atoms with van der Waals surface area (Å²) in [6, 6.07) is 6.48. The van der Waals surface area contributed by atoms with Crippen molar-refractivity contribution in [3.8, 4) is 0 Å². The van der Waals surface area contributed by atoms with Gasteiger partial charge in [0.25, 0.3) is 0 Å². The summed E-state index contributed by atoms with van der Waals surface area (Å²) in [5, 5.41) is 9.06. The van der Waals surface area contributed by atoms with Crippen molar-refractivity contribution >= 4 is 10.0 Å². The van der Waals surface area contributed by atoms with Crippen LogP contribution in [0.4, 0.5) is 0 Å². The first-order chi connectivity index (χ1) is 8.56. The zero-order valence-corrected chi connectivity index (χ0v) is 11.8. The van der Waals surface area contributed by atoms with Gasteiger partial charge in [0.05, 0.1) is 11.5 Å². The lowest BCUT2D eigenvalue weighted by atomic mass is 10.2. The van der Waals surface area contributed by atoms with Gasteiger partial charge in [0.2, 0.25) is 10.0 Å². The molecular formula is C13H21NO3S. The normalized spacial score (nSPS) is 12.0. The molecule has 4 nitrogen and oxygen atoms in total. The molecular weight excluding hydrogens is 250 g/mol. The molecule has 0 aliphatic rings. The van der Waals surface area contributed by atoms with Crippen molar-refractivity contribution in [3.63, 3.8) is 0 Å². The molecule has 5 heteroatoms. The molecule has 0 aliphatic carbocycles. The molecule has 0 fully saturated rings. The zero-order valence-electron chi connectivity index (χ0n) is 11.0. The standard InChI is InChI=1S/C13H21NO3S/c1-3-8-14(9-4-2)18(16,17)13-7-5-6-12(10-13)11-15/h5-7,10,15H,3-4,8-9,11H2,1-2H3. The van der Waals surface area contributed by atoms with Gasteiger partial charge in [-0.1, -0.05) is 26.0 Å². The Kier molecular flexibility index (Phi) is 5.78. The summed E-state index contributed by atoms with van der Waals surface area (Å²) in [6.07, 6.45) is 1.58. The minimum atomic E-state index is -3.44. The maximum Gasteiger partial charge on any atom is 0.243 e. The van der Waals surface area contributed by atoms with Crippen molar-refractivity contribution in [2.24, 2.45) is 0 Å². The van der Waals surface area contributed by atoms with Crippen LogP contribution in [0.25, 0.3) is 0 Å². The third-order valence-electron chi connectivity index (χ3n) is 2.66. The van der Waals surface area contributed by atoms with Gasteiger partial charge in [-0.05, 0) is 30.5 Å². The molecule has 0 radical (unpaired) electrons. The van der Waals surface area contributed by atoms with Gasteiger partial charge in [-0.25, -0.2) is 8.42 Å². The highest BCUT2D eigenvalue weighted by molar-refractivity contribution is 7.89. The molecule has 0 aliphatic heterocycles. The van der Waals surface area contributed by atoms with E-state index in [1.165, 1.54) is 10.4 Å². The Morgan fingerprint density at radius 2 is 1.78 bits per heavy atom. The number of sulfonamides is 1. The number of hydrogen-bond donors (Lipinski definition) is 1. The van der Waals surface area contributed by atoms with E-state index in [0.29, 0.717) is 18.7 Å². The fourth-order valence-corrected chi connectivity index (χ4v) is 3.50. The lowest BCUT2D eigenvalue weighted by Crippen LogP contribution is -2.32. The fraction of sp³-hybridized carbons (Fsp3) is 0.538. The van der Waals surface area contributed by atoms with Crippen LogP contribution in [0.5, 0.6) is 0 Å². The molecule has 18 heavy (non-hydrogen) atoms. The summed E-state index contributed by atoms with van der Waals surface area (Å²) in [6.45, 7) is 4.83. The van der Waals surface area contributed by atoms with Crippen LogP contribution in [0.2, 0.25) is 0 Å². The first-order valence-corrected chi connectivity index (χ1v) is 7.70. The van der Waals surface area contributed by atoms with E-state index < -0.39 is 10.0 Å². The van der Waals surface area contributed by atoms with E-state index in [1.54, 1.807) is 18.2 Å². The summed E-state index contributed by atoms with van der Waals surface area (Å²) in [7, 11) is -3.44. The Morgan fingerprint density at radius 3 is 2.28 bits per heavy atom. The van der Waals surface area contributed by atoms with Crippen LogP contribution in [0.1, 0.15) is 32.3 Å². The minimum absolute atomic E-state index is 0.148. The molecule has 0 spiro atoms.